The van der Waals surface area contributed by atoms with Crippen molar-refractivity contribution in [3.8, 4) is 5.69 Å². The first-order chi connectivity index (χ1) is 13.3. The van der Waals surface area contributed by atoms with Crippen molar-refractivity contribution >= 4 is 17.7 Å². The predicted molar refractivity (Wildman–Crippen MR) is 107 cm³/mol. The molecule has 0 bridgehead atoms. The van der Waals surface area contributed by atoms with Gasteiger partial charge in [-0.1, -0.05) is 36.0 Å². The lowest BCUT2D eigenvalue weighted by Crippen LogP contribution is -2.33. The van der Waals surface area contributed by atoms with Crippen molar-refractivity contribution < 1.29 is 9.18 Å². The van der Waals surface area contributed by atoms with Crippen molar-refractivity contribution in [2.75, 3.05) is 7.05 Å². The van der Waals surface area contributed by atoms with E-state index in [-0.39, 0.29) is 11.7 Å². The number of carbonyl (C=O) groups is 1. The summed E-state index contributed by atoms with van der Waals surface area (Å²) < 4.78 is 15.0. The SMILES string of the molecule is Cc1ccc(C)c(-n2nnnc2S[C@@H](C)C(=O)N(C)Cc2cccc(F)c2)c1. The molecule has 3 rings (SSSR count). The van der Waals surface area contributed by atoms with Crippen LogP contribution in [0.4, 0.5) is 4.39 Å². The maximum absolute atomic E-state index is 13.4. The van der Waals surface area contributed by atoms with E-state index in [9.17, 15) is 9.18 Å². The number of benzene rings is 2. The molecule has 28 heavy (non-hydrogen) atoms. The number of rotatable bonds is 6. The van der Waals surface area contributed by atoms with E-state index in [1.165, 1.54) is 23.9 Å². The van der Waals surface area contributed by atoms with Crippen molar-refractivity contribution in [2.45, 2.75) is 37.7 Å². The van der Waals surface area contributed by atoms with Crippen LogP contribution in [0.1, 0.15) is 23.6 Å². The quantitative estimate of drug-likeness (QED) is 0.593. The highest BCUT2D eigenvalue weighted by Crippen LogP contribution is 2.26. The zero-order valence-corrected chi connectivity index (χ0v) is 17.1. The van der Waals surface area contributed by atoms with Crippen LogP contribution in [0.5, 0.6) is 0 Å². The lowest BCUT2D eigenvalue weighted by Gasteiger charge is -2.21. The van der Waals surface area contributed by atoms with E-state index in [4.69, 9.17) is 0 Å². The second-order valence-corrected chi connectivity index (χ2v) is 8.06. The van der Waals surface area contributed by atoms with Crippen molar-refractivity contribution in [1.29, 1.82) is 0 Å². The molecule has 3 aromatic rings. The summed E-state index contributed by atoms with van der Waals surface area (Å²) in [6, 6.07) is 12.3. The van der Waals surface area contributed by atoms with Crippen LogP contribution in [-0.4, -0.2) is 43.3 Å². The van der Waals surface area contributed by atoms with Crippen molar-refractivity contribution in [2.24, 2.45) is 0 Å². The van der Waals surface area contributed by atoms with E-state index in [1.54, 1.807) is 28.8 Å². The standard InChI is InChI=1S/C20H22FN5OS/c1-13-8-9-14(2)18(10-13)26-20(22-23-24-26)28-15(3)19(27)25(4)12-16-6-5-7-17(21)11-16/h5-11,15H,12H2,1-4H3/t15-/m0/s1. The maximum Gasteiger partial charge on any atom is 0.235 e. The van der Waals surface area contributed by atoms with Crippen LogP contribution in [0.2, 0.25) is 0 Å². The van der Waals surface area contributed by atoms with E-state index < -0.39 is 5.25 Å². The molecular weight excluding hydrogens is 377 g/mol. The Balaban J connectivity index is 1.73. The Hall–Kier alpha value is -2.74. The summed E-state index contributed by atoms with van der Waals surface area (Å²) in [5.74, 6) is -0.391. The molecule has 0 unspecified atom stereocenters. The second-order valence-electron chi connectivity index (χ2n) is 6.75. The third-order valence-corrected chi connectivity index (χ3v) is 5.37. The van der Waals surface area contributed by atoms with Gasteiger partial charge in [-0.05, 0) is 66.1 Å². The van der Waals surface area contributed by atoms with E-state index in [1.807, 2.05) is 39.0 Å². The number of amides is 1. The molecule has 0 aliphatic rings. The summed E-state index contributed by atoms with van der Waals surface area (Å²) in [5, 5.41) is 12.1. The van der Waals surface area contributed by atoms with Crippen molar-refractivity contribution in [3.63, 3.8) is 0 Å². The third-order valence-electron chi connectivity index (χ3n) is 4.35. The van der Waals surface area contributed by atoms with Crippen LogP contribution in [-0.2, 0) is 11.3 Å². The van der Waals surface area contributed by atoms with E-state index >= 15 is 0 Å². The third kappa shape index (κ3) is 4.56. The summed E-state index contributed by atoms with van der Waals surface area (Å²) in [6.07, 6.45) is 0. The summed E-state index contributed by atoms with van der Waals surface area (Å²) in [6.45, 7) is 6.15. The lowest BCUT2D eigenvalue weighted by molar-refractivity contribution is -0.129. The normalized spacial score (nSPS) is 12.0. The molecule has 6 nitrogen and oxygen atoms in total. The number of halogens is 1. The van der Waals surface area contributed by atoms with Gasteiger partial charge in [0.1, 0.15) is 5.82 Å². The number of thioether (sulfide) groups is 1. The summed E-state index contributed by atoms with van der Waals surface area (Å²) in [5.41, 5.74) is 3.78. The molecule has 1 amide bonds. The van der Waals surface area contributed by atoms with Crippen LogP contribution in [0, 0.1) is 19.7 Å². The molecule has 0 saturated carbocycles. The van der Waals surface area contributed by atoms with Gasteiger partial charge in [-0.25, -0.2) is 4.39 Å². The van der Waals surface area contributed by atoms with Crippen LogP contribution in [0.3, 0.4) is 0 Å². The maximum atomic E-state index is 13.4. The van der Waals surface area contributed by atoms with Gasteiger partial charge in [0.25, 0.3) is 0 Å². The molecular formula is C20H22FN5OS. The minimum atomic E-state index is -0.395. The zero-order chi connectivity index (χ0) is 20.3. The summed E-state index contributed by atoms with van der Waals surface area (Å²) in [7, 11) is 1.71. The van der Waals surface area contributed by atoms with Crippen LogP contribution in [0.25, 0.3) is 5.69 Å². The van der Waals surface area contributed by atoms with Gasteiger partial charge in [0.2, 0.25) is 11.1 Å². The molecule has 0 aliphatic heterocycles. The largest absolute Gasteiger partial charge is 0.340 e. The number of tetrazole rings is 1. The minimum Gasteiger partial charge on any atom is -0.340 e. The molecule has 146 valence electrons. The smallest absolute Gasteiger partial charge is 0.235 e. The van der Waals surface area contributed by atoms with E-state index in [2.05, 4.69) is 15.5 Å². The minimum absolute atomic E-state index is 0.0789. The number of aryl methyl sites for hydroxylation is 2. The Labute approximate surface area is 167 Å². The fraction of sp³-hybridized carbons (Fsp3) is 0.300. The Morgan fingerprint density at radius 2 is 2.04 bits per heavy atom. The van der Waals surface area contributed by atoms with Gasteiger partial charge in [0.15, 0.2) is 0 Å². The van der Waals surface area contributed by atoms with Crippen LogP contribution < -0.4 is 0 Å². The number of hydrogen-bond donors (Lipinski definition) is 0. The highest BCUT2D eigenvalue weighted by atomic mass is 32.2. The highest BCUT2D eigenvalue weighted by Gasteiger charge is 2.22. The fourth-order valence-electron chi connectivity index (χ4n) is 2.86. The Bertz CT molecular complexity index is 990. The van der Waals surface area contributed by atoms with Gasteiger partial charge >= 0.3 is 0 Å². The number of aromatic nitrogens is 4. The molecule has 8 heteroatoms. The monoisotopic (exact) mass is 399 g/mol. The Kier molecular flexibility index (Phi) is 6.08. The number of carbonyl (C=O) groups excluding carboxylic acids is 1. The first-order valence-corrected chi connectivity index (χ1v) is 9.75. The van der Waals surface area contributed by atoms with Gasteiger partial charge in [-0.15, -0.1) is 5.10 Å². The molecule has 0 aliphatic carbocycles. The van der Waals surface area contributed by atoms with Gasteiger partial charge in [-0.2, -0.15) is 4.68 Å². The van der Waals surface area contributed by atoms with Crippen LogP contribution >= 0.6 is 11.8 Å². The lowest BCUT2D eigenvalue weighted by atomic mass is 10.1. The topological polar surface area (TPSA) is 63.9 Å². The molecule has 0 saturated heterocycles. The molecule has 1 aromatic heterocycles. The van der Waals surface area contributed by atoms with Gasteiger partial charge in [0.05, 0.1) is 10.9 Å². The molecule has 0 fully saturated rings. The summed E-state index contributed by atoms with van der Waals surface area (Å²) in [4.78, 5) is 14.3. The van der Waals surface area contributed by atoms with Crippen LogP contribution in [0.15, 0.2) is 47.6 Å². The highest BCUT2D eigenvalue weighted by molar-refractivity contribution is 8.00. The molecule has 1 atom stereocenters. The fourth-order valence-corrected chi connectivity index (χ4v) is 3.77. The predicted octanol–water partition coefficient (Wildman–Crippen LogP) is 3.56. The van der Waals surface area contributed by atoms with Gasteiger partial charge in [0, 0.05) is 13.6 Å². The van der Waals surface area contributed by atoms with Gasteiger partial charge < -0.3 is 4.90 Å². The molecule has 0 radical (unpaired) electrons. The zero-order valence-electron chi connectivity index (χ0n) is 16.3. The average molecular weight is 399 g/mol. The molecule has 2 aromatic carbocycles. The van der Waals surface area contributed by atoms with Crippen molar-refractivity contribution in [1.82, 2.24) is 25.1 Å². The second kappa shape index (κ2) is 8.52. The number of hydrogen-bond acceptors (Lipinski definition) is 5. The first kappa shape index (κ1) is 20.0. The Morgan fingerprint density at radius 3 is 2.79 bits per heavy atom. The van der Waals surface area contributed by atoms with Crippen molar-refractivity contribution in [3.05, 3.63) is 65.0 Å². The summed E-state index contributed by atoms with van der Waals surface area (Å²) >= 11 is 1.30. The van der Waals surface area contributed by atoms with Gasteiger partial charge in [-0.3, -0.25) is 4.79 Å². The van der Waals surface area contributed by atoms with E-state index in [0.717, 1.165) is 22.4 Å². The average Bonchev–Trinajstić information content (AvgIpc) is 3.10. The van der Waals surface area contributed by atoms with E-state index in [0.29, 0.717) is 11.7 Å². The number of nitrogens with zero attached hydrogens (tertiary/aromatic N) is 5. The first-order valence-electron chi connectivity index (χ1n) is 8.87. The molecule has 0 N–H and O–H groups in total. The molecule has 1 heterocycles. The molecule has 0 spiro atoms. The Morgan fingerprint density at radius 1 is 1.25 bits per heavy atom.